The first kappa shape index (κ1) is 13.5. The first-order valence-corrected chi connectivity index (χ1v) is 6.64. The van der Waals surface area contributed by atoms with Crippen LogP contribution in [0.15, 0.2) is 59.2 Å². The van der Waals surface area contributed by atoms with Gasteiger partial charge in [0.2, 0.25) is 0 Å². The Labute approximate surface area is 125 Å². The van der Waals surface area contributed by atoms with Crippen molar-refractivity contribution in [1.29, 1.82) is 0 Å². The van der Waals surface area contributed by atoms with Crippen LogP contribution in [0.25, 0.3) is 6.08 Å². The summed E-state index contributed by atoms with van der Waals surface area (Å²) >= 11 is 6.04. The van der Waals surface area contributed by atoms with Gasteiger partial charge in [0.1, 0.15) is 17.3 Å². The molecule has 0 aliphatic carbocycles. The fourth-order valence-electron chi connectivity index (χ4n) is 1.99. The van der Waals surface area contributed by atoms with Gasteiger partial charge in [-0.05, 0) is 29.8 Å². The SMILES string of the molecule is O=C1NC(c2ccccc2F)=N/C1=C\c1ccccc1Cl. The highest BCUT2D eigenvalue weighted by Gasteiger charge is 2.23. The normalized spacial score (nSPS) is 16.0. The second kappa shape index (κ2) is 5.50. The van der Waals surface area contributed by atoms with Crippen molar-refractivity contribution in [2.45, 2.75) is 0 Å². The standard InChI is InChI=1S/C16H10ClFN2O/c17-12-7-3-1-5-10(12)9-14-16(21)20-15(19-14)11-6-2-4-8-13(11)18/h1-9H,(H,19,20,21)/b14-9-. The fourth-order valence-corrected chi connectivity index (χ4v) is 2.18. The highest BCUT2D eigenvalue weighted by molar-refractivity contribution is 6.32. The molecule has 0 fully saturated rings. The molecule has 0 unspecified atom stereocenters. The van der Waals surface area contributed by atoms with Gasteiger partial charge in [-0.3, -0.25) is 4.79 Å². The summed E-state index contributed by atoms with van der Waals surface area (Å²) in [5, 5.41) is 3.08. The van der Waals surface area contributed by atoms with Crippen molar-refractivity contribution in [2.75, 3.05) is 0 Å². The third-order valence-corrected chi connectivity index (χ3v) is 3.37. The molecule has 0 aromatic heterocycles. The zero-order valence-corrected chi connectivity index (χ0v) is 11.6. The third kappa shape index (κ3) is 2.71. The minimum atomic E-state index is -0.435. The van der Waals surface area contributed by atoms with E-state index in [1.165, 1.54) is 6.07 Å². The van der Waals surface area contributed by atoms with E-state index < -0.39 is 5.82 Å². The van der Waals surface area contributed by atoms with Crippen LogP contribution in [0.3, 0.4) is 0 Å². The molecule has 1 N–H and O–H groups in total. The number of carbonyl (C=O) groups is 1. The Bertz CT molecular complexity index is 783. The van der Waals surface area contributed by atoms with Gasteiger partial charge in [0, 0.05) is 5.02 Å². The molecule has 3 rings (SSSR count). The second-order valence-electron chi connectivity index (χ2n) is 4.45. The Morgan fingerprint density at radius 1 is 1.10 bits per heavy atom. The van der Waals surface area contributed by atoms with E-state index in [2.05, 4.69) is 10.3 Å². The molecule has 1 amide bonds. The summed E-state index contributed by atoms with van der Waals surface area (Å²) < 4.78 is 13.7. The quantitative estimate of drug-likeness (QED) is 0.849. The molecule has 0 bridgehead atoms. The van der Waals surface area contributed by atoms with E-state index in [0.29, 0.717) is 10.6 Å². The van der Waals surface area contributed by atoms with Crippen molar-refractivity contribution < 1.29 is 9.18 Å². The highest BCUT2D eigenvalue weighted by Crippen LogP contribution is 2.21. The van der Waals surface area contributed by atoms with Crippen molar-refractivity contribution in [3.63, 3.8) is 0 Å². The third-order valence-electron chi connectivity index (χ3n) is 3.02. The molecule has 0 radical (unpaired) electrons. The van der Waals surface area contributed by atoms with Gasteiger partial charge >= 0.3 is 0 Å². The molecule has 1 aliphatic rings. The van der Waals surface area contributed by atoms with Crippen molar-refractivity contribution in [3.05, 3.63) is 76.2 Å². The van der Waals surface area contributed by atoms with Crippen LogP contribution in [0.2, 0.25) is 5.02 Å². The predicted molar refractivity (Wildman–Crippen MR) is 80.5 cm³/mol. The number of benzene rings is 2. The number of halogens is 2. The molecule has 0 saturated carbocycles. The monoisotopic (exact) mass is 300 g/mol. The zero-order chi connectivity index (χ0) is 14.8. The van der Waals surface area contributed by atoms with E-state index in [1.807, 2.05) is 6.07 Å². The number of hydrogen-bond acceptors (Lipinski definition) is 2. The zero-order valence-electron chi connectivity index (χ0n) is 10.8. The van der Waals surface area contributed by atoms with Crippen LogP contribution in [0.1, 0.15) is 11.1 Å². The molecule has 0 saturated heterocycles. The van der Waals surface area contributed by atoms with Gasteiger partial charge in [-0.1, -0.05) is 41.9 Å². The first-order valence-electron chi connectivity index (χ1n) is 6.26. The van der Waals surface area contributed by atoms with Crippen molar-refractivity contribution in [3.8, 4) is 0 Å². The molecule has 104 valence electrons. The molecule has 2 aromatic rings. The summed E-state index contributed by atoms with van der Waals surface area (Å²) in [6, 6.07) is 13.3. The van der Waals surface area contributed by atoms with Crippen LogP contribution >= 0.6 is 11.6 Å². The lowest BCUT2D eigenvalue weighted by molar-refractivity contribution is -0.115. The van der Waals surface area contributed by atoms with E-state index in [0.717, 1.165) is 0 Å². The van der Waals surface area contributed by atoms with Gasteiger partial charge in [-0.15, -0.1) is 0 Å². The predicted octanol–water partition coefficient (Wildman–Crippen LogP) is 3.40. The summed E-state index contributed by atoms with van der Waals surface area (Å²) in [5.41, 5.74) is 1.14. The minimum Gasteiger partial charge on any atom is -0.305 e. The van der Waals surface area contributed by atoms with Crippen LogP contribution in [0.5, 0.6) is 0 Å². The lowest BCUT2D eigenvalue weighted by atomic mass is 10.2. The summed E-state index contributed by atoms with van der Waals surface area (Å²) in [4.78, 5) is 16.1. The Kier molecular flexibility index (Phi) is 3.54. The van der Waals surface area contributed by atoms with Gasteiger partial charge in [0.15, 0.2) is 0 Å². The molecule has 5 heteroatoms. The van der Waals surface area contributed by atoms with E-state index in [9.17, 15) is 9.18 Å². The number of nitrogens with zero attached hydrogens (tertiary/aromatic N) is 1. The molecule has 0 atom stereocenters. The highest BCUT2D eigenvalue weighted by atomic mass is 35.5. The molecular formula is C16H10ClFN2O. The van der Waals surface area contributed by atoms with Crippen LogP contribution in [-0.4, -0.2) is 11.7 Å². The Hall–Kier alpha value is -2.46. The average molecular weight is 301 g/mol. The molecule has 0 spiro atoms. The van der Waals surface area contributed by atoms with E-state index in [1.54, 1.807) is 42.5 Å². The van der Waals surface area contributed by atoms with Gasteiger partial charge in [0.05, 0.1) is 5.56 Å². The Balaban J connectivity index is 2.00. The molecule has 3 nitrogen and oxygen atoms in total. The van der Waals surface area contributed by atoms with Crippen molar-refractivity contribution in [1.82, 2.24) is 5.32 Å². The Morgan fingerprint density at radius 2 is 1.81 bits per heavy atom. The maximum absolute atomic E-state index is 13.7. The van der Waals surface area contributed by atoms with Crippen LogP contribution in [0, 0.1) is 5.82 Å². The van der Waals surface area contributed by atoms with Crippen LogP contribution in [-0.2, 0) is 4.79 Å². The average Bonchev–Trinajstić information content (AvgIpc) is 2.83. The van der Waals surface area contributed by atoms with Crippen molar-refractivity contribution in [2.24, 2.45) is 4.99 Å². The van der Waals surface area contributed by atoms with E-state index >= 15 is 0 Å². The number of carbonyl (C=O) groups excluding carboxylic acids is 1. The first-order chi connectivity index (χ1) is 10.1. The molecule has 1 heterocycles. The summed E-state index contributed by atoms with van der Waals surface area (Å²) in [5.74, 6) is -0.611. The minimum absolute atomic E-state index is 0.196. The van der Waals surface area contributed by atoms with Gasteiger partial charge < -0.3 is 5.32 Å². The summed E-state index contributed by atoms with van der Waals surface area (Å²) in [7, 11) is 0. The van der Waals surface area contributed by atoms with Crippen molar-refractivity contribution >= 4 is 29.4 Å². The van der Waals surface area contributed by atoms with E-state index in [4.69, 9.17) is 11.6 Å². The molecule has 21 heavy (non-hydrogen) atoms. The molecule has 2 aromatic carbocycles. The summed E-state index contributed by atoms with van der Waals surface area (Å²) in [6.07, 6.45) is 1.57. The maximum Gasteiger partial charge on any atom is 0.275 e. The topological polar surface area (TPSA) is 41.5 Å². The number of rotatable bonds is 2. The Morgan fingerprint density at radius 3 is 2.57 bits per heavy atom. The number of nitrogens with one attached hydrogen (secondary N) is 1. The van der Waals surface area contributed by atoms with Gasteiger partial charge in [-0.2, -0.15) is 0 Å². The van der Waals surface area contributed by atoms with Crippen LogP contribution < -0.4 is 5.32 Å². The number of aliphatic imine (C=N–C) groups is 1. The largest absolute Gasteiger partial charge is 0.305 e. The van der Waals surface area contributed by atoms with Crippen LogP contribution in [0.4, 0.5) is 4.39 Å². The lowest BCUT2D eigenvalue weighted by Crippen LogP contribution is -2.25. The lowest BCUT2D eigenvalue weighted by Gasteiger charge is -2.00. The number of hydrogen-bond donors (Lipinski definition) is 1. The number of amides is 1. The maximum atomic E-state index is 13.7. The van der Waals surface area contributed by atoms with Gasteiger partial charge in [-0.25, -0.2) is 9.38 Å². The van der Waals surface area contributed by atoms with E-state index in [-0.39, 0.29) is 23.0 Å². The molecular weight excluding hydrogens is 291 g/mol. The van der Waals surface area contributed by atoms with Gasteiger partial charge in [0.25, 0.3) is 5.91 Å². The second-order valence-corrected chi connectivity index (χ2v) is 4.85. The molecule has 1 aliphatic heterocycles. The fraction of sp³-hybridized carbons (Fsp3) is 0. The smallest absolute Gasteiger partial charge is 0.275 e. The number of amidine groups is 1. The summed E-state index contributed by atoms with van der Waals surface area (Å²) in [6.45, 7) is 0.